The average Bonchev–Trinajstić information content (AvgIpc) is 3.00. The van der Waals surface area contributed by atoms with Crippen LogP contribution >= 0.6 is 11.3 Å². The third-order valence-electron chi connectivity index (χ3n) is 3.41. The number of aryl methyl sites for hydroxylation is 1. The first kappa shape index (κ1) is 13.1. The molecule has 3 aromatic rings. The van der Waals surface area contributed by atoms with E-state index in [-0.39, 0.29) is 0 Å². The molecule has 0 spiro atoms. The molecule has 0 saturated heterocycles. The molecule has 3 rings (SSSR count). The quantitative estimate of drug-likeness (QED) is 0.802. The highest BCUT2D eigenvalue weighted by Crippen LogP contribution is 2.30. The van der Waals surface area contributed by atoms with Crippen molar-refractivity contribution < 1.29 is 4.74 Å². The molecular formula is C15H17N3OS. The number of aromatic nitrogens is 2. The molecule has 0 unspecified atom stereocenters. The molecule has 0 bridgehead atoms. The van der Waals surface area contributed by atoms with Crippen LogP contribution in [-0.2, 0) is 6.42 Å². The van der Waals surface area contributed by atoms with E-state index in [1.165, 1.54) is 5.69 Å². The van der Waals surface area contributed by atoms with E-state index in [4.69, 9.17) is 10.5 Å². The van der Waals surface area contributed by atoms with E-state index in [0.29, 0.717) is 6.54 Å². The van der Waals surface area contributed by atoms with Crippen molar-refractivity contribution in [2.24, 2.45) is 5.73 Å². The Morgan fingerprint density at radius 3 is 3.00 bits per heavy atom. The Morgan fingerprint density at radius 1 is 1.40 bits per heavy atom. The molecule has 104 valence electrons. The molecule has 0 radical (unpaired) electrons. The zero-order valence-electron chi connectivity index (χ0n) is 11.6. The lowest BCUT2D eigenvalue weighted by Gasteiger charge is -2.06. The van der Waals surface area contributed by atoms with Gasteiger partial charge < -0.3 is 10.5 Å². The minimum atomic E-state index is 0.627. The number of rotatable bonds is 4. The summed E-state index contributed by atoms with van der Waals surface area (Å²) >= 11 is 1.65. The van der Waals surface area contributed by atoms with Crippen LogP contribution in [0.5, 0.6) is 5.75 Å². The molecule has 0 atom stereocenters. The van der Waals surface area contributed by atoms with Crippen LogP contribution in [0.3, 0.4) is 0 Å². The summed E-state index contributed by atoms with van der Waals surface area (Å²) in [7, 11) is 1.68. The van der Waals surface area contributed by atoms with E-state index in [0.717, 1.165) is 34.1 Å². The molecule has 0 aliphatic rings. The van der Waals surface area contributed by atoms with Gasteiger partial charge in [0.1, 0.15) is 5.75 Å². The van der Waals surface area contributed by atoms with Gasteiger partial charge >= 0.3 is 0 Å². The lowest BCUT2D eigenvalue weighted by atomic mass is 10.1. The molecule has 0 aliphatic heterocycles. The Bertz CT molecular complexity index is 745. The second-order valence-electron chi connectivity index (χ2n) is 4.65. The SMILES string of the molecule is COc1cccc(-c2csc3nc(C)c(CCN)n23)c1. The van der Waals surface area contributed by atoms with Crippen LogP contribution in [0.4, 0.5) is 0 Å². The fourth-order valence-electron chi connectivity index (χ4n) is 2.43. The molecular weight excluding hydrogens is 270 g/mol. The summed E-state index contributed by atoms with van der Waals surface area (Å²) in [6.45, 7) is 2.67. The van der Waals surface area contributed by atoms with Crippen molar-refractivity contribution in [1.82, 2.24) is 9.38 Å². The van der Waals surface area contributed by atoms with Gasteiger partial charge in [0, 0.05) is 23.1 Å². The highest BCUT2D eigenvalue weighted by molar-refractivity contribution is 7.15. The summed E-state index contributed by atoms with van der Waals surface area (Å²) in [6.07, 6.45) is 0.834. The predicted molar refractivity (Wildman–Crippen MR) is 82.6 cm³/mol. The molecule has 0 saturated carbocycles. The van der Waals surface area contributed by atoms with E-state index < -0.39 is 0 Å². The number of hydrogen-bond donors (Lipinski definition) is 1. The molecule has 1 aromatic carbocycles. The Morgan fingerprint density at radius 2 is 2.25 bits per heavy atom. The minimum absolute atomic E-state index is 0.627. The number of nitrogens with zero attached hydrogens (tertiary/aromatic N) is 2. The Balaban J connectivity index is 2.20. The van der Waals surface area contributed by atoms with Gasteiger partial charge in [0.15, 0.2) is 4.96 Å². The van der Waals surface area contributed by atoms with Gasteiger partial charge in [0.2, 0.25) is 0 Å². The van der Waals surface area contributed by atoms with E-state index >= 15 is 0 Å². The minimum Gasteiger partial charge on any atom is -0.497 e. The maximum absolute atomic E-state index is 5.73. The second-order valence-corrected chi connectivity index (χ2v) is 5.49. The highest BCUT2D eigenvalue weighted by Gasteiger charge is 2.14. The van der Waals surface area contributed by atoms with Gasteiger partial charge in [-0.15, -0.1) is 11.3 Å². The van der Waals surface area contributed by atoms with Crippen LogP contribution in [0.2, 0.25) is 0 Å². The van der Waals surface area contributed by atoms with Gasteiger partial charge in [-0.2, -0.15) is 0 Å². The van der Waals surface area contributed by atoms with E-state index in [9.17, 15) is 0 Å². The third-order valence-corrected chi connectivity index (χ3v) is 4.23. The van der Waals surface area contributed by atoms with E-state index in [2.05, 4.69) is 20.8 Å². The standard InChI is InChI=1S/C15H17N3OS/c1-10-13(6-7-16)18-14(9-20-15(18)17-10)11-4-3-5-12(8-11)19-2/h3-5,8-9H,6-7,16H2,1-2H3. The van der Waals surface area contributed by atoms with Crippen LogP contribution in [0.15, 0.2) is 29.6 Å². The van der Waals surface area contributed by atoms with Crippen molar-refractivity contribution in [3.05, 3.63) is 41.0 Å². The summed E-state index contributed by atoms with van der Waals surface area (Å²) in [5.74, 6) is 0.860. The first-order chi connectivity index (χ1) is 9.74. The summed E-state index contributed by atoms with van der Waals surface area (Å²) in [4.78, 5) is 5.63. The fraction of sp³-hybridized carbons (Fsp3) is 0.267. The topological polar surface area (TPSA) is 52.5 Å². The van der Waals surface area contributed by atoms with E-state index in [1.807, 2.05) is 25.1 Å². The zero-order chi connectivity index (χ0) is 14.1. The molecule has 2 heterocycles. The zero-order valence-corrected chi connectivity index (χ0v) is 12.4. The number of nitrogens with two attached hydrogens (primary N) is 1. The van der Waals surface area contributed by atoms with Crippen LogP contribution in [0.25, 0.3) is 16.2 Å². The normalized spacial score (nSPS) is 11.2. The van der Waals surface area contributed by atoms with Gasteiger partial charge in [-0.05, 0) is 25.6 Å². The van der Waals surface area contributed by atoms with Crippen LogP contribution in [-0.4, -0.2) is 23.0 Å². The van der Waals surface area contributed by atoms with Gasteiger partial charge in [-0.3, -0.25) is 4.40 Å². The molecule has 0 amide bonds. The second kappa shape index (κ2) is 5.26. The summed E-state index contributed by atoms with van der Waals surface area (Å²) < 4.78 is 7.52. The number of thiazole rings is 1. The van der Waals surface area contributed by atoms with Crippen molar-refractivity contribution in [3.8, 4) is 17.0 Å². The summed E-state index contributed by atoms with van der Waals surface area (Å²) in [5.41, 5.74) is 10.3. The van der Waals surface area contributed by atoms with E-state index in [1.54, 1.807) is 18.4 Å². The average molecular weight is 287 g/mol. The lowest BCUT2D eigenvalue weighted by molar-refractivity contribution is 0.415. The van der Waals surface area contributed by atoms with Gasteiger partial charge in [0.25, 0.3) is 0 Å². The smallest absolute Gasteiger partial charge is 0.194 e. The van der Waals surface area contributed by atoms with Crippen LogP contribution in [0, 0.1) is 6.92 Å². The lowest BCUT2D eigenvalue weighted by Crippen LogP contribution is -2.06. The van der Waals surface area contributed by atoms with Gasteiger partial charge in [0.05, 0.1) is 18.5 Å². The van der Waals surface area contributed by atoms with Crippen molar-refractivity contribution in [2.75, 3.05) is 13.7 Å². The Kier molecular flexibility index (Phi) is 3.46. The van der Waals surface area contributed by atoms with Crippen LogP contribution in [0.1, 0.15) is 11.4 Å². The first-order valence-corrected chi connectivity index (χ1v) is 7.42. The van der Waals surface area contributed by atoms with Crippen molar-refractivity contribution in [2.45, 2.75) is 13.3 Å². The summed E-state index contributed by atoms with van der Waals surface area (Å²) in [5, 5.41) is 2.14. The molecule has 20 heavy (non-hydrogen) atoms. The predicted octanol–water partition coefficient (Wildman–Crippen LogP) is 2.88. The maximum Gasteiger partial charge on any atom is 0.194 e. The molecule has 5 heteroatoms. The Hall–Kier alpha value is -1.85. The largest absolute Gasteiger partial charge is 0.497 e. The number of fused-ring (bicyclic) bond motifs is 1. The number of methoxy groups -OCH3 is 1. The molecule has 4 nitrogen and oxygen atoms in total. The van der Waals surface area contributed by atoms with Crippen LogP contribution < -0.4 is 10.5 Å². The molecule has 0 fully saturated rings. The van der Waals surface area contributed by atoms with Crippen molar-refractivity contribution in [3.63, 3.8) is 0 Å². The summed E-state index contributed by atoms with van der Waals surface area (Å²) in [6, 6.07) is 8.09. The number of benzene rings is 1. The van der Waals surface area contributed by atoms with Gasteiger partial charge in [-0.25, -0.2) is 4.98 Å². The highest BCUT2D eigenvalue weighted by atomic mass is 32.1. The van der Waals surface area contributed by atoms with Gasteiger partial charge in [-0.1, -0.05) is 12.1 Å². The fourth-order valence-corrected chi connectivity index (χ4v) is 3.40. The Labute approximate surface area is 121 Å². The number of imidazole rings is 1. The maximum atomic E-state index is 5.73. The van der Waals surface area contributed by atoms with Crippen molar-refractivity contribution >= 4 is 16.3 Å². The number of hydrogen-bond acceptors (Lipinski definition) is 4. The molecule has 0 aliphatic carbocycles. The monoisotopic (exact) mass is 287 g/mol. The third kappa shape index (κ3) is 2.09. The van der Waals surface area contributed by atoms with Crippen molar-refractivity contribution in [1.29, 1.82) is 0 Å². The molecule has 2 N–H and O–H groups in total. The molecule has 2 aromatic heterocycles. The first-order valence-electron chi connectivity index (χ1n) is 6.54. The number of ether oxygens (including phenoxy) is 1.